The van der Waals surface area contributed by atoms with Crippen LogP contribution in [0.4, 0.5) is 18.0 Å². The number of sulfone groups is 1. The first kappa shape index (κ1) is 32.0. The minimum absolute atomic E-state index is 0.215. The molecule has 4 rings (SSSR count). The van der Waals surface area contributed by atoms with E-state index in [1.807, 2.05) is 0 Å². The van der Waals surface area contributed by atoms with Crippen LogP contribution < -0.4 is 15.5 Å². The van der Waals surface area contributed by atoms with Crippen LogP contribution in [0.2, 0.25) is 0 Å². The highest BCUT2D eigenvalue weighted by Gasteiger charge is 2.64. The van der Waals surface area contributed by atoms with Crippen LogP contribution in [-0.2, 0) is 37.4 Å². The number of alkyl halides is 3. The minimum Gasteiger partial charge on any atom is -0.457 e. The summed E-state index contributed by atoms with van der Waals surface area (Å²) < 4.78 is 81.6. The summed E-state index contributed by atoms with van der Waals surface area (Å²) in [5, 5.41) is 1.48. The molecule has 0 fully saturated rings. The molecule has 44 heavy (non-hydrogen) atoms. The lowest BCUT2D eigenvalue weighted by molar-refractivity contribution is -0.199. The van der Waals surface area contributed by atoms with Gasteiger partial charge in [0.1, 0.15) is 18.1 Å². The average Bonchev–Trinajstić information content (AvgIpc) is 3.01. The van der Waals surface area contributed by atoms with Gasteiger partial charge in [-0.3, -0.25) is 14.9 Å². The van der Waals surface area contributed by atoms with Gasteiger partial charge < -0.3 is 9.47 Å². The van der Waals surface area contributed by atoms with Crippen molar-refractivity contribution in [1.29, 1.82) is 0 Å². The van der Waals surface area contributed by atoms with Crippen molar-refractivity contribution in [1.82, 2.24) is 10.8 Å². The number of para-hydroxylation sites is 1. The Bertz CT molecular complexity index is 1640. The second kappa shape index (κ2) is 14.1. The van der Waals surface area contributed by atoms with Gasteiger partial charge in [0, 0.05) is 0 Å². The summed E-state index contributed by atoms with van der Waals surface area (Å²) in [6.07, 6.45) is -7.30. The third-order valence-electron chi connectivity index (χ3n) is 6.21. The van der Waals surface area contributed by atoms with Crippen molar-refractivity contribution in [3.05, 3.63) is 126 Å². The number of benzene rings is 4. The predicted octanol–water partition coefficient (Wildman–Crippen LogP) is 5.73. The maximum absolute atomic E-state index is 14.8. The molecule has 0 aliphatic carbocycles. The van der Waals surface area contributed by atoms with Gasteiger partial charge in [0.15, 0.2) is 9.84 Å². The van der Waals surface area contributed by atoms with Gasteiger partial charge in [-0.2, -0.15) is 13.2 Å². The number of hydrogen-bond acceptors (Lipinski definition) is 7. The van der Waals surface area contributed by atoms with Crippen LogP contribution in [0.15, 0.2) is 120 Å². The number of halogens is 3. The van der Waals surface area contributed by atoms with E-state index in [9.17, 15) is 31.2 Å². The fourth-order valence-corrected chi connectivity index (χ4v) is 5.58. The highest BCUT2D eigenvalue weighted by molar-refractivity contribution is 7.91. The lowest BCUT2D eigenvalue weighted by Gasteiger charge is -2.34. The van der Waals surface area contributed by atoms with Crippen LogP contribution in [0.25, 0.3) is 0 Å². The second-order valence-corrected chi connectivity index (χ2v) is 11.4. The van der Waals surface area contributed by atoms with Crippen LogP contribution in [-0.4, -0.2) is 37.9 Å². The highest BCUT2D eigenvalue weighted by Crippen LogP contribution is 2.35. The second-order valence-electron chi connectivity index (χ2n) is 9.44. The largest absolute Gasteiger partial charge is 0.457 e. The van der Waals surface area contributed by atoms with E-state index in [-0.39, 0.29) is 12.4 Å². The summed E-state index contributed by atoms with van der Waals surface area (Å²) in [5.74, 6) is -3.20. The first-order chi connectivity index (χ1) is 21.0. The number of alkyl carbamates (subject to hydrolysis) is 1. The number of carbonyl (C=O) groups is 2. The zero-order valence-corrected chi connectivity index (χ0v) is 23.8. The summed E-state index contributed by atoms with van der Waals surface area (Å²) >= 11 is 0. The Balaban J connectivity index is 1.59. The average molecular weight is 629 g/mol. The Morgan fingerprint density at radius 3 is 1.73 bits per heavy atom. The molecule has 230 valence electrons. The zero-order chi connectivity index (χ0) is 31.6. The molecule has 13 heteroatoms. The lowest BCUT2D eigenvalue weighted by Crippen LogP contribution is -2.70. The molecule has 0 saturated carbocycles. The molecular formula is C31H27F3N2O7S. The van der Waals surface area contributed by atoms with Crippen molar-refractivity contribution >= 4 is 21.8 Å². The van der Waals surface area contributed by atoms with Crippen molar-refractivity contribution < 1.29 is 45.5 Å². The molecule has 0 radical (unpaired) electrons. The molecule has 0 aromatic heterocycles. The Morgan fingerprint density at radius 1 is 0.682 bits per heavy atom. The Kier molecular flexibility index (Phi) is 10.2. The molecule has 0 saturated heterocycles. The van der Waals surface area contributed by atoms with Crippen LogP contribution in [0.3, 0.4) is 0 Å². The molecule has 4 aromatic carbocycles. The molecule has 4 aromatic rings. The number of nitrogens with one attached hydrogen (secondary N) is 2. The third-order valence-corrected chi connectivity index (χ3v) is 8.02. The topological polar surface area (TPSA) is 120 Å². The molecule has 0 aliphatic heterocycles. The van der Waals surface area contributed by atoms with Crippen molar-refractivity contribution in [2.75, 3.05) is 5.75 Å². The molecule has 2 N–H and O–H groups in total. The monoisotopic (exact) mass is 628 g/mol. The van der Waals surface area contributed by atoms with Crippen molar-refractivity contribution in [2.24, 2.45) is 0 Å². The number of carbonyl (C=O) groups excluding carboxylic acids is 2. The number of ether oxygens (including phenoxy) is 2. The van der Waals surface area contributed by atoms with Gasteiger partial charge >= 0.3 is 12.3 Å². The number of hydroxylamine groups is 1. The van der Waals surface area contributed by atoms with Crippen LogP contribution in [0.1, 0.15) is 11.1 Å². The van der Waals surface area contributed by atoms with E-state index in [0.29, 0.717) is 16.9 Å². The van der Waals surface area contributed by atoms with E-state index >= 15 is 0 Å². The van der Waals surface area contributed by atoms with Crippen LogP contribution in [0.5, 0.6) is 11.5 Å². The quantitative estimate of drug-likeness (QED) is 0.192. The van der Waals surface area contributed by atoms with Gasteiger partial charge in [-0.1, -0.05) is 78.9 Å². The van der Waals surface area contributed by atoms with E-state index in [1.165, 1.54) is 17.4 Å². The molecule has 1 unspecified atom stereocenters. The third kappa shape index (κ3) is 8.36. The van der Waals surface area contributed by atoms with Crippen molar-refractivity contribution in [3.8, 4) is 11.5 Å². The molecule has 2 amide bonds. The maximum atomic E-state index is 14.8. The number of amides is 2. The standard InChI is InChI=1S/C31H27F3N2O7S/c32-31(33,34)30(28(37)36-42-21-24-12-6-2-7-13-24,35-29(38)41-20-23-10-4-1-5-11-23)22-44(39,40)27-18-16-26(17-19-27)43-25-14-8-3-9-15-25/h1-19H,20-22H2,(H,35,38)(H,36,37). The SMILES string of the molecule is O=C(NC(CS(=O)(=O)c1ccc(Oc2ccccc2)cc1)(C(=O)NOCc1ccccc1)C(F)(F)F)OCc1ccccc1. The maximum Gasteiger partial charge on any atom is 0.421 e. The van der Waals surface area contributed by atoms with Gasteiger partial charge in [-0.25, -0.2) is 18.7 Å². The van der Waals surface area contributed by atoms with Gasteiger partial charge in [0.05, 0.1) is 17.3 Å². The molecule has 0 bridgehead atoms. The smallest absolute Gasteiger partial charge is 0.421 e. The van der Waals surface area contributed by atoms with Crippen molar-refractivity contribution in [2.45, 2.75) is 29.8 Å². The summed E-state index contributed by atoms with van der Waals surface area (Å²) in [7, 11) is -4.89. The zero-order valence-electron chi connectivity index (χ0n) is 23.0. The van der Waals surface area contributed by atoms with Gasteiger partial charge in [-0.15, -0.1) is 0 Å². The fraction of sp³-hybridized carbons (Fsp3) is 0.161. The minimum atomic E-state index is -5.62. The first-order valence-electron chi connectivity index (χ1n) is 13.1. The molecule has 1 atom stereocenters. The molecule has 0 heterocycles. The Hall–Kier alpha value is -4.88. The summed E-state index contributed by atoms with van der Waals surface area (Å²) in [4.78, 5) is 30.3. The van der Waals surface area contributed by atoms with E-state index < -0.39 is 50.8 Å². The van der Waals surface area contributed by atoms with Crippen molar-refractivity contribution in [3.63, 3.8) is 0 Å². The highest BCUT2D eigenvalue weighted by atomic mass is 32.2. The lowest BCUT2D eigenvalue weighted by atomic mass is 10.0. The van der Waals surface area contributed by atoms with Gasteiger partial charge in [0.25, 0.3) is 5.91 Å². The van der Waals surface area contributed by atoms with E-state index in [0.717, 1.165) is 12.1 Å². The number of rotatable bonds is 12. The fourth-order valence-electron chi connectivity index (χ4n) is 3.93. The van der Waals surface area contributed by atoms with Gasteiger partial charge in [-0.05, 0) is 47.5 Å². The normalized spacial score (nSPS) is 12.9. The Morgan fingerprint density at radius 2 is 1.18 bits per heavy atom. The summed E-state index contributed by atoms with van der Waals surface area (Å²) in [6.45, 7) is -0.781. The summed E-state index contributed by atoms with van der Waals surface area (Å²) in [5.41, 5.74) is -1.40. The predicted molar refractivity (Wildman–Crippen MR) is 153 cm³/mol. The van der Waals surface area contributed by atoms with Crippen LogP contribution in [0, 0.1) is 0 Å². The van der Waals surface area contributed by atoms with Gasteiger partial charge in [0.2, 0.25) is 5.54 Å². The van der Waals surface area contributed by atoms with Crippen LogP contribution >= 0.6 is 0 Å². The first-order valence-corrected chi connectivity index (χ1v) is 14.7. The van der Waals surface area contributed by atoms with E-state index in [1.54, 1.807) is 96.5 Å². The molecular weight excluding hydrogens is 601 g/mol. The van der Waals surface area contributed by atoms with E-state index in [4.69, 9.17) is 14.3 Å². The molecule has 0 aliphatic rings. The Labute approximate surface area is 251 Å². The summed E-state index contributed by atoms with van der Waals surface area (Å²) in [6, 6.07) is 29.3. The molecule has 0 spiro atoms. The number of hydrogen-bond donors (Lipinski definition) is 2. The molecule has 9 nitrogen and oxygen atoms in total. The van der Waals surface area contributed by atoms with E-state index in [2.05, 4.69) is 0 Å².